The molecule has 0 bridgehead atoms. The number of ketones is 1. The quantitative estimate of drug-likeness (QED) is 0.797. The maximum absolute atomic E-state index is 11.4. The molecule has 0 heterocycles. The van der Waals surface area contributed by atoms with Crippen LogP contribution in [0.25, 0.3) is 0 Å². The first-order valence-electron chi connectivity index (χ1n) is 6.98. The Morgan fingerprint density at radius 1 is 1.22 bits per heavy atom. The number of hydrogen-bond donors (Lipinski definition) is 0. The van der Waals surface area contributed by atoms with Crippen LogP contribution in [-0.4, -0.2) is 12.4 Å². The van der Waals surface area contributed by atoms with Gasteiger partial charge in [0.1, 0.15) is 11.5 Å². The molecule has 0 N–H and O–H groups in total. The molecule has 0 aliphatic heterocycles. The van der Waals surface area contributed by atoms with Gasteiger partial charge in [0.2, 0.25) is 0 Å². The molecule has 2 nitrogen and oxygen atoms in total. The van der Waals surface area contributed by atoms with Crippen LogP contribution in [-0.2, 0) is 17.6 Å². The average Bonchev–Trinajstić information content (AvgIpc) is 2.73. The highest BCUT2D eigenvalue weighted by Crippen LogP contribution is 2.48. The molecule has 0 radical (unpaired) electrons. The van der Waals surface area contributed by atoms with Crippen molar-refractivity contribution in [2.75, 3.05) is 6.61 Å². The minimum absolute atomic E-state index is 0.351. The Kier molecular flexibility index (Phi) is 2.89. The first-order valence-corrected chi connectivity index (χ1v) is 6.98. The van der Waals surface area contributed by atoms with Crippen LogP contribution in [0.1, 0.15) is 43.7 Å². The molecule has 2 heteroatoms. The second-order valence-electron chi connectivity index (χ2n) is 5.72. The summed E-state index contributed by atoms with van der Waals surface area (Å²) in [5.41, 5.74) is 3.19. The molecule has 2 aliphatic carbocycles. The van der Waals surface area contributed by atoms with Crippen molar-refractivity contribution in [2.45, 2.75) is 45.4 Å². The van der Waals surface area contributed by atoms with E-state index >= 15 is 0 Å². The minimum Gasteiger partial charge on any atom is -0.494 e. The third-order valence-electron chi connectivity index (χ3n) is 4.52. The van der Waals surface area contributed by atoms with Crippen molar-refractivity contribution in [2.24, 2.45) is 5.41 Å². The van der Waals surface area contributed by atoms with E-state index in [1.807, 2.05) is 6.92 Å². The Labute approximate surface area is 108 Å². The molecule has 1 spiro atoms. The Hall–Kier alpha value is -1.31. The highest BCUT2D eigenvalue weighted by Gasteiger charge is 2.40. The highest BCUT2D eigenvalue weighted by molar-refractivity contribution is 5.79. The van der Waals surface area contributed by atoms with Gasteiger partial charge in [0.05, 0.1) is 6.61 Å². The van der Waals surface area contributed by atoms with E-state index in [0.717, 1.165) is 50.9 Å². The fraction of sp³-hybridized carbons (Fsp3) is 0.562. The summed E-state index contributed by atoms with van der Waals surface area (Å²) in [7, 11) is 0. The summed E-state index contributed by atoms with van der Waals surface area (Å²) in [6.45, 7) is 2.76. The molecular weight excluding hydrogens is 224 g/mol. The van der Waals surface area contributed by atoms with Crippen molar-refractivity contribution in [3.8, 4) is 5.75 Å². The number of rotatable bonds is 2. The fourth-order valence-electron chi connectivity index (χ4n) is 3.52. The van der Waals surface area contributed by atoms with E-state index < -0.39 is 0 Å². The van der Waals surface area contributed by atoms with Crippen LogP contribution in [0, 0.1) is 5.41 Å². The third kappa shape index (κ3) is 1.94. The van der Waals surface area contributed by atoms with Gasteiger partial charge in [0, 0.05) is 12.8 Å². The van der Waals surface area contributed by atoms with Gasteiger partial charge in [0.25, 0.3) is 0 Å². The smallest absolute Gasteiger partial charge is 0.132 e. The van der Waals surface area contributed by atoms with Crippen LogP contribution < -0.4 is 4.74 Å². The summed E-state index contributed by atoms with van der Waals surface area (Å²) in [5.74, 6) is 1.50. The molecule has 0 saturated heterocycles. The van der Waals surface area contributed by atoms with Gasteiger partial charge in [-0.3, -0.25) is 4.79 Å². The summed E-state index contributed by atoms with van der Waals surface area (Å²) in [6.07, 6.45) is 5.91. The Morgan fingerprint density at radius 2 is 2.00 bits per heavy atom. The molecule has 3 rings (SSSR count). The first-order chi connectivity index (χ1) is 8.72. The van der Waals surface area contributed by atoms with E-state index in [1.54, 1.807) is 0 Å². The zero-order valence-electron chi connectivity index (χ0n) is 11.0. The molecule has 0 unspecified atom stereocenters. The molecular formula is C16H20O2. The van der Waals surface area contributed by atoms with E-state index in [-0.39, 0.29) is 0 Å². The SMILES string of the molecule is CCOc1cccc2c1CC1(CCC(=O)CC1)C2. The van der Waals surface area contributed by atoms with E-state index in [9.17, 15) is 4.79 Å². The molecule has 0 atom stereocenters. The second kappa shape index (κ2) is 4.42. The summed E-state index contributed by atoms with van der Waals surface area (Å²) in [5, 5.41) is 0. The standard InChI is InChI=1S/C16H20O2/c1-2-18-15-5-3-4-12-10-16(11-14(12)15)8-6-13(17)7-9-16/h3-5H,2,6-11H2,1H3. The van der Waals surface area contributed by atoms with Crippen LogP contribution in [0.15, 0.2) is 18.2 Å². The van der Waals surface area contributed by atoms with Crippen molar-refractivity contribution in [3.63, 3.8) is 0 Å². The van der Waals surface area contributed by atoms with Gasteiger partial charge in [-0.1, -0.05) is 12.1 Å². The predicted octanol–water partition coefficient (Wildman–Crippen LogP) is 3.31. The molecule has 1 aromatic carbocycles. The number of hydrogen-bond acceptors (Lipinski definition) is 2. The highest BCUT2D eigenvalue weighted by atomic mass is 16.5. The number of carbonyl (C=O) groups excluding carboxylic acids is 1. The largest absolute Gasteiger partial charge is 0.494 e. The van der Waals surface area contributed by atoms with Crippen molar-refractivity contribution >= 4 is 5.78 Å². The second-order valence-corrected chi connectivity index (χ2v) is 5.72. The molecule has 1 aromatic rings. The van der Waals surface area contributed by atoms with Crippen LogP contribution in [0.4, 0.5) is 0 Å². The van der Waals surface area contributed by atoms with Gasteiger partial charge >= 0.3 is 0 Å². The normalized spacial score (nSPS) is 21.1. The van der Waals surface area contributed by atoms with Gasteiger partial charge in [0.15, 0.2) is 0 Å². The first kappa shape index (κ1) is 11.8. The van der Waals surface area contributed by atoms with Crippen LogP contribution in [0.5, 0.6) is 5.75 Å². The minimum atomic E-state index is 0.351. The van der Waals surface area contributed by atoms with Crippen LogP contribution >= 0.6 is 0 Å². The zero-order valence-corrected chi connectivity index (χ0v) is 11.0. The lowest BCUT2D eigenvalue weighted by Crippen LogP contribution is -2.28. The van der Waals surface area contributed by atoms with Crippen LogP contribution in [0.2, 0.25) is 0 Å². The lowest BCUT2D eigenvalue weighted by molar-refractivity contribution is -0.122. The van der Waals surface area contributed by atoms with Crippen LogP contribution in [0.3, 0.4) is 0 Å². The number of fused-ring (bicyclic) bond motifs is 1. The van der Waals surface area contributed by atoms with E-state index in [1.165, 1.54) is 11.1 Å². The predicted molar refractivity (Wildman–Crippen MR) is 70.9 cm³/mol. The zero-order chi connectivity index (χ0) is 12.6. The Bertz CT molecular complexity index is 466. The molecule has 96 valence electrons. The van der Waals surface area contributed by atoms with Crippen molar-refractivity contribution in [1.29, 1.82) is 0 Å². The molecule has 0 amide bonds. The van der Waals surface area contributed by atoms with E-state index in [4.69, 9.17) is 4.74 Å². The molecule has 1 saturated carbocycles. The molecule has 0 aromatic heterocycles. The fourth-order valence-corrected chi connectivity index (χ4v) is 3.52. The third-order valence-corrected chi connectivity index (χ3v) is 4.52. The molecule has 18 heavy (non-hydrogen) atoms. The molecule has 1 fully saturated rings. The number of Topliss-reactive ketones (excluding diaryl/α,β-unsaturated/α-hetero) is 1. The van der Waals surface area contributed by atoms with Gasteiger partial charge in [-0.15, -0.1) is 0 Å². The van der Waals surface area contributed by atoms with Crippen molar-refractivity contribution in [1.82, 2.24) is 0 Å². The van der Waals surface area contributed by atoms with Gasteiger partial charge in [-0.05, 0) is 55.2 Å². The van der Waals surface area contributed by atoms with E-state index in [2.05, 4.69) is 18.2 Å². The summed E-state index contributed by atoms with van der Waals surface area (Å²) >= 11 is 0. The maximum atomic E-state index is 11.4. The lowest BCUT2D eigenvalue weighted by Gasteiger charge is -2.32. The van der Waals surface area contributed by atoms with Crippen molar-refractivity contribution in [3.05, 3.63) is 29.3 Å². The maximum Gasteiger partial charge on any atom is 0.132 e. The summed E-state index contributed by atoms with van der Waals surface area (Å²) < 4.78 is 5.74. The monoisotopic (exact) mass is 244 g/mol. The number of benzene rings is 1. The number of ether oxygens (including phenoxy) is 1. The molecule has 2 aliphatic rings. The summed E-state index contributed by atoms with van der Waals surface area (Å²) in [4.78, 5) is 11.4. The summed E-state index contributed by atoms with van der Waals surface area (Å²) in [6, 6.07) is 6.40. The number of carbonyl (C=O) groups is 1. The van der Waals surface area contributed by atoms with Gasteiger partial charge in [-0.2, -0.15) is 0 Å². The van der Waals surface area contributed by atoms with E-state index in [0.29, 0.717) is 11.2 Å². The van der Waals surface area contributed by atoms with Crippen molar-refractivity contribution < 1.29 is 9.53 Å². The van der Waals surface area contributed by atoms with Gasteiger partial charge in [-0.25, -0.2) is 0 Å². The van der Waals surface area contributed by atoms with Gasteiger partial charge < -0.3 is 4.74 Å². The lowest BCUT2D eigenvalue weighted by atomic mass is 9.71. The average molecular weight is 244 g/mol. The topological polar surface area (TPSA) is 26.3 Å². The Morgan fingerprint density at radius 3 is 2.72 bits per heavy atom. The Balaban J connectivity index is 1.86.